The highest BCUT2D eigenvalue weighted by molar-refractivity contribution is 6.31. The van der Waals surface area contributed by atoms with Gasteiger partial charge in [0.15, 0.2) is 0 Å². The summed E-state index contributed by atoms with van der Waals surface area (Å²) in [5.74, 6) is 1.16. The normalized spacial score (nSPS) is 11.7. The van der Waals surface area contributed by atoms with Crippen molar-refractivity contribution in [1.82, 2.24) is 9.97 Å². The van der Waals surface area contributed by atoms with Gasteiger partial charge in [-0.2, -0.15) is 5.10 Å². The first-order chi connectivity index (χ1) is 13.1. The maximum atomic E-state index is 6.18. The zero-order chi connectivity index (χ0) is 18.8. The van der Waals surface area contributed by atoms with Gasteiger partial charge in [-0.1, -0.05) is 41.9 Å². The molecule has 0 fully saturated rings. The Balaban J connectivity index is 1.87. The van der Waals surface area contributed by atoms with Crippen molar-refractivity contribution < 1.29 is 4.42 Å². The smallest absolute Gasteiger partial charge is 0.243 e. The Morgan fingerprint density at radius 1 is 0.926 bits per heavy atom. The van der Waals surface area contributed by atoms with E-state index in [0.717, 1.165) is 22.3 Å². The van der Waals surface area contributed by atoms with Crippen LogP contribution >= 0.6 is 11.6 Å². The average molecular weight is 377 g/mol. The van der Waals surface area contributed by atoms with E-state index in [4.69, 9.17) is 16.0 Å². The zero-order valence-corrected chi connectivity index (χ0v) is 15.7. The van der Waals surface area contributed by atoms with Crippen LogP contribution in [0.2, 0.25) is 5.02 Å². The van der Waals surface area contributed by atoms with Crippen molar-refractivity contribution in [3.05, 3.63) is 82.4 Å². The molecule has 134 valence electrons. The van der Waals surface area contributed by atoms with E-state index in [0.29, 0.717) is 27.7 Å². The third kappa shape index (κ3) is 3.83. The molecule has 0 spiro atoms. The number of hydrogen-bond donors (Lipinski definition) is 1. The number of anilines is 1. The molecular weight excluding hydrogens is 360 g/mol. The van der Waals surface area contributed by atoms with Gasteiger partial charge in [0.1, 0.15) is 11.3 Å². The van der Waals surface area contributed by atoms with Crippen LogP contribution < -0.4 is 10.8 Å². The molecule has 4 aromatic rings. The Morgan fingerprint density at radius 3 is 2.41 bits per heavy atom. The third-order valence-corrected chi connectivity index (χ3v) is 4.26. The molecule has 0 aliphatic rings. The molecule has 0 radical (unpaired) electrons. The van der Waals surface area contributed by atoms with Crippen LogP contribution in [0.15, 0.2) is 70.2 Å². The Bertz CT molecular complexity index is 1170. The van der Waals surface area contributed by atoms with Gasteiger partial charge in [0.05, 0.1) is 5.36 Å². The minimum Gasteiger partial charge on any atom is -0.456 e. The summed E-state index contributed by atoms with van der Waals surface area (Å²) < 4.78 is 6.06. The molecule has 0 unspecified atom stereocenters. The molecule has 1 N–H and O–H groups in total. The molecule has 0 amide bonds. The van der Waals surface area contributed by atoms with Gasteiger partial charge >= 0.3 is 0 Å². The molecule has 2 aromatic heterocycles. The molecule has 0 saturated heterocycles. The van der Waals surface area contributed by atoms with Crippen LogP contribution in [0, 0.1) is 13.8 Å². The predicted octanol–water partition coefficient (Wildman–Crippen LogP) is 5.09. The lowest BCUT2D eigenvalue weighted by Crippen LogP contribution is -2.09. The summed E-state index contributed by atoms with van der Waals surface area (Å²) in [4.78, 5) is 8.72. The average Bonchev–Trinajstić information content (AvgIpc) is 2.66. The van der Waals surface area contributed by atoms with Gasteiger partial charge in [0, 0.05) is 33.4 Å². The first-order valence-corrected chi connectivity index (χ1v) is 8.87. The van der Waals surface area contributed by atoms with Crippen LogP contribution in [0.25, 0.3) is 22.3 Å². The van der Waals surface area contributed by atoms with Crippen LogP contribution in [0.3, 0.4) is 0 Å². The monoisotopic (exact) mass is 376 g/mol. The number of nitrogens with zero attached hydrogens (tertiary/aromatic N) is 3. The zero-order valence-electron chi connectivity index (χ0n) is 14.9. The quantitative estimate of drug-likeness (QED) is 0.506. The molecule has 27 heavy (non-hydrogen) atoms. The van der Waals surface area contributed by atoms with Gasteiger partial charge in [-0.3, -0.25) is 0 Å². The largest absolute Gasteiger partial charge is 0.456 e. The summed E-state index contributed by atoms with van der Waals surface area (Å²) in [5, 5.41) is 6.64. The molecule has 2 heterocycles. The molecule has 0 bridgehead atoms. The minimum absolute atomic E-state index is 0.449. The van der Waals surface area contributed by atoms with Gasteiger partial charge in [-0.05, 0) is 38.1 Å². The van der Waals surface area contributed by atoms with Gasteiger partial charge in [0.25, 0.3) is 0 Å². The molecule has 0 atom stereocenters. The van der Waals surface area contributed by atoms with E-state index < -0.39 is 0 Å². The molecule has 2 aromatic carbocycles. The van der Waals surface area contributed by atoms with Gasteiger partial charge in [-0.15, -0.1) is 0 Å². The number of nitrogens with one attached hydrogen (secondary N) is 1. The van der Waals surface area contributed by atoms with Gasteiger partial charge in [-0.25, -0.2) is 15.4 Å². The number of hydrogen-bond acceptors (Lipinski definition) is 5. The predicted molar refractivity (Wildman–Crippen MR) is 107 cm³/mol. The number of rotatable bonds is 3. The molecule has 5 nitrogen and oxygen atoms in total. The van der Waals surface area contributed by atoms with Crippen molar-refractivity contribution in [3.63, 3.8) is 0 Å². The molecule has 4 rings (SSSR count). The summed E-state index contributed by atoms with van der Waals surface area (Å²) in [6.07, 6.45) is 0. The Kier molecular flexibility index (Phi) is 4.60. The van der Waals surface area contributed by atoms with Gasteiger partial charge < -0.3 is 4.42 Å². The first kappa shape index (κ1) is 17.2. The highest BCUT2D eigenvalue weighted by atomic mass is 35.5. The second-order valence-electron chi connectivity index (χ2n) is 6.20. The summed E-state index contributed by atoms with van der Waals surface area (Å²) in [6.45, 7) is 3.84. The van der Waals surface area contributed by atoms with Crippen LogP contribution in [-0.2, 0) is 0 Å². The van der Waals surface area contributed by atoms with E-state index in [9.17, 15) is 0 Å². The molecular formula is C21H17ClN4O. The standard InChI is InChI=1S/C21H17ClN4O/c1-13-10-14(2)24-21(23-13)26-25-18-12-20(15-6-4-3-5-7-15)27-19-9-8-16(22)11-17(18)19/h3-12H,1-2H3,(H,23,24,26). The molecule has 0 aliphatic heterocycles. The second-order valence-corrected chi connectivity index (χ2v) is 6.64. The van der Waals surface area contributed by atoms with Crippen molar-refractivity contribution in [1.29, 1.82) is 0 Å². The van der Waals surface area contributed by atoms with Crippen LogP contribution in [0.5, 0.6) is 0 Å². The number of aryl methyl sites for hydroxylation is 2. The summed E-state index contributed by atoms with van der Waals surface area (Å²) in [7, 11) is 0. The molecule has 0 aliphatic carbocycles. The van der Waals surface area contributed by atoms with Crippen LogP contribution in [-0.4, -0.2) is 9.97 Å². The lowest BCUT2D eigenvalue weighted by molar-refractivity contribution is 0.618. The number of aromatic nitrogens is 2. The Hall–Kier alpha value is -3.18. The molecule has 6 heteroatoms. The lowest BCUT2D eigenvalue weighted by atomic mass is 10.1. The third-order valence-electron chi connectivity index (χ3n) is 4.02. The van der Waals surface area contributed by atoms with Crippen LogP contribution in [0.4, 0.5) is 5.95 Å². The topological polar surface area (TPSA) is 63.3 Å². The SMILES string of the molecule is Cc1cc(C)nc(NN=c2cc(-c3ccccc3)oc3ccc(Cl)cc23)n1. The fraction of sp³-hybridized carbons (Fsp3) is 0.0952. The van der Waals surface area contributed by atoms with E-state index in [1.807, 2.05) is 68.4 Å². The summed E-state index contributed by atoms with van der Waals surface area (Å²) >= 11 is 6.18. The van der Waals surface area contributed by atoms with E-state index in [2.05, 4.69) is 20.5 Å². The fourth-order valence-electron chi connectivity index (χ4n) is 2.86. The Morgan fingerprint density at radius 2 is 1.67 bits per heavy atom. The fourth-order valence-corrected chi connectivity index (χ4v) is 3.04. The second kappa shape index (κ2) is 7.21. The van der Waals surface area contributed by atoms with E-state index in [1.54, 1.807) is 6.07 Å². The van der Waals surface area contributed by atoms with Crippen molar-refractivity contribution in [3.8, 4) is 11.3 Å². The van der Waals surface area contributed by atoms with Gasteiger partial charge in [0.2, 0.25) is 5.95 Å². The lowest BCUT2D eigenvalue weighted by Gasteiger charge is -2.06. The van der Waals surface area contributed by atoms with Crippen molar-refractivity contribution in [2.45, 2.75) is 13.8 Å². The highest BCUT2D eigenvalue weighted by Crippen LogP contribution is 2.23. The highest BCUT2D eigenvalue weighted by Gasteiger charge is 2.07. The number of benzene rings is 2. The minimum atomic E-state index is 0.449. The maximum absolute atomic E-state index is 6.18. The maximum Gasteiger partial charge on any atom is 0.243 e. The number of fused-ring (bicyclic) bond motifs is 1. The van der Waals surface area contributed by atoms with Crippen LogP contribution in [0.1, 0.15) is 11.4 Å². The number of halogens is 1. The van der Waals surface area contributed by atoms with Crippen molar-refractivity contribution in [2.75, 3.05) is 5.43 Å². The van der Waals surface area contributed by atoms with E-state index in [-0.39, 0.29) is 0 Å². The Labute approximate surface area is 161 Å². The first-order valence-electron chi connectivity index (χ1n) is 8.49. The molecule has 0 saturated carbocycles. The van der Waals surface area contributed by atoms with E-state index >= 15 is 0 Å². The summed E-state index contributed by atoms with van der Waals surface area (Å²) in [5.41, 5.74) is 6.37. The summed E-state index contributed by atoms with van der Waals surface area (Å²) in [6, 6.07) is 19.1. The van der Waals surface area contributed by atoms with Crippen molar-refractivity contribution in [2.24, 2.45) is 5.10 Å². The van der Waals surface area contributed by atoms with Crippen molar-refractivity contribution >= 4 is 28.5 Å². The van der Waals surface area contributed by atoms with E-state index in [1.165, 1.54) is 0 Å².